The highest BCUT2D eigenvalue weighted by molar-refractivity contribution is 5.75. The van der Waals surface area contributed by atoms with Crippen LogP contribution in [0.5, 0.6) is 0 Å². The third kappa shape index (κ3) is 4.19. The predicted octanol–water partition coefficient (Wildman–Crippen LogP) is 2.60. The van der Waals surface area contributed by atoms with Crippen LogP contribution in [0.25, 0.3) is 0 Å². The van der Waals surface area contributed by atoms with Crippen molar-refractivity contribution in [3.63, 3.8) is 0 Å². The number of rotatable bonds is 5. The molecule has 1 N–H and O–H groups in total. The SMILES string of the molecule is CCOC(=O)C(C)N[C@@H](C)c1cccc(C)c1. The van der Waals surface area contributed by atoms with Gasteiger partial charge in [-0.25, -0.2) is 0 Å². The minimum absolute atomic E-state index is 0.134. The molecule has 1 rings (SSSR count). The lowest BCUT2D eigenvalue weighted by molar-refractivity contribution is -0.145. The first kappa shape index (κ1) is 13.7. The van der Waals surface area contributed by atoms with Gasteiger partial charge in [-0.05, 0) is 33.3 Å². The Labute approximate surface area is 103 Å². The van der Waals surface area contributed by atoms with Crippen molar-refractivity contribution in [1.29, 1.82) is 0 Å². The molecule has 0 aliphatic carbocycles. The van der Waals surface area contributed by atoms with Crippen LogP contribution in [0.2, 0.25) is 0 Å². The highest BCUT2D eigenvalue weighted by Gasteiger charge is 2.16. The van der Waals surface area contributed by atoms with Crippen LogP contribution in [-0.2, 0) is 9.53 Å². The van der Waals surface area contributed by atoms with E-state index in [1.54, 1.807) is 0 Å². The first-order valence-corrected chi connectivity index (χ1v) is 6.03. The van der Waals surface area contributed by atoms with Gasteiger partial charge < -0.3 is 4.74 Å². The quantitative estimate of drug-likeness (QED) is 0.797. The highest BCUT2D eigenvalue weighted by atomic mass is 16.5. The van der Waals surface area contributed by atoms with Crippen molar-refractivity contribution in [2.75, 3.05) is 6.61 Å². The topological polar surface area (TPSA) is 38.3 Å². The summed E-state index contributed by atoms with van der Waals surface area (Å²) in [7, 11) is 0. The van der Waals surface area contributed by atoms with E-state index >= 15 is 0 Å². The lowest BCUT2D eigenvalue weighted by Gasteiger charge is -2.19. The number of nitrogens with one attached hydrogen (secondary N) is 1. The molecule has 0 aromatic heterocycles. The summed E-state index contributed by atoms with van der Waals surface area (Å²) in [5, 5.41) is 3.23. The molecular formula is C14H21NO2. The summed E-state index contributed by atoms with van der Waals surface area (Å²) in [6.45, 7) is 8.16. The van der Waals surface area contributed by atoms with Gasteiger partial charge in [-0.1, -0.05) is 29.8 Å². The van der Waals surface area contributed by atoms with Crippen LogP contribution in [-0.4, -0.2) is 18.6 Å². The van der Waals surface area contributed by atoms with E-state index in [-0.39, 0.29) is 18.1 Å². The van der Waals surface area contributed by atoms with Gasteiger partial charge in [-0.3, -0.25) is 10.1 Å². The lowest BCUT2D eigenvalue weighted by atomic mass is 10.1. The Bertz CT molecular complexity index is 376. The summed E-state index contributed by atoms with van der Waals surface area (Å²) >= 11 is 0. The highest BCUT2D eigenvalue weighted by Crippen LogP contribution is 2.14. The molecule has 0 radical (unpaired) electrons. The van der Waals surface area contributed by atoms with Gasteiger partial charge in [0.25, 0.3) is 0 Å². The second-order valence-corrected chi connectivity index (χ2v) is 4.28. The molecule has 0 fully saturated rings. The van der Waals surface area contributed by atoms with Crippen molar-refractivity contribution in [3.05, 3.63) is 35.4 Å². The molecule has 3 nitrogen and oxygen atoms in total. The zero-order valence-corrected chi connectivity index (χ0v) is 11.0. The second kappa shape index (κ2) is 6.40. The molecule has 0 amide bonds. The van der Waals surface area contributed by atoms with E-state index in [1.165, 1.54) is 11.1 Å². The molecule has 17 heavy (non-hydrogen) atoms. The average molecular weight is 235 g/mol. The Hall–Kier alpha value is -1.35. The van der Waals surface area contributed by atoms with E-state index in [1.807, 2.05) is 26.8 Å². The zero-order chi connectivity index (χ0) is 12.8. The number of esters is 1. The minimum Gasteiger partial charge on any atom is -0.465 e. The number of hydrogen-bond acceptors (Lipinski definition) is 3. The number of benzene rings is 1. The third-order valence-electron chi connectivity index (χ3n) is 2.68. The van der Waals surface area contributed by atoms with E-state index in [4.69, 9.17) is 4.74 Å². The lowest BCUT2D eigenvalue weighted by Crippen LogP contribution is -2.37. The van der Waals surface area contributed by atoms with E-state index in [9.17, 15) is 4.79 Å². The van der Waals surface area contributed by atoms with Gasteiger partial charge in [0.2, 0.25) is 0 Å². The van der Waals surface area contributed by atoms with Crippen LogP contribution in [0.3, 0.4) is 0 Å². The van der Waals surface area contributed by atoms with Crippen LogP contribution < -0.4 is 5.32 Å². The zero-order valence-electron chi connectivity index (χ0n) is 11.0. The average Bonchev–Trinajstić information content (AvgIpc) is 2.29. The molecule has 0 saturated carbocycles. The van der Waals surface area contributed by atoms with Gasteiger partial charge in [0.15, 0.2) is 0 Å². The third-order valence-corrected chi connectivity index (χ3v) is 2.68. The smallest absolute Gasteiger partial charge is 0.322 e. The van der Waals surface area contributed by atoms with Crippen LogP contribution in [0.15, 0.2) is 24.3 Å². The number of hydrogen-bond donors (Lipinski definition) is 1. The Morgan fingerprint density at radius 3 is 2.71 bits per heavy atom. The Kier molecular flexibility index (Phi) is 5.16. The molecule has 2 atom stereocenters. The molecule has 94 valence electrons. The van der Waals surface area contributed by atoms with E-state index in [0.29, 0.717) is 6.61 Å². The number of carbonyl (C=O) groups is 1. The number of ether oxygens (including phenoxy) is 1. The first-order chi connectivity index (χ1) is 8.04. The van der Waals surface area contributed by atoms with Crippen molar-refractivity contribution in [2.24, 2.45) is 0 Å². The number of aryl methyl sites for hydroxylation is 1. The maximum atomic E-state index is 11.5. The summed E-state index contributed by atoms with van der Waals surface area (Å²) in [6, 6.07) is 8.11. The van der Waals surface area contributed by atoms with Crippen molar-refractivity contribution in [2.45, 2.75) is 39.8 Å². The Balaban J connectivity index is 2.60. The monoisotopic (exact) mass is 235 g/mol. The van der Waals surface area contributed by atoms with Crippen molar-refractivity contribution in [1.82, 2.24) is 5.32 Å². The molecular weight excluding hydrogens is 214 g/mol. The van der Waals surface area contributed by atoms with Gasteiger partial charge in [0.05, 0.1) is 6.61 Å². The minimum atomic E-state index is -0.287. The van der Waals surface area contributed by atoms with Crippen LogP contribution in [0.4, 0.5) is 0 Å². The molecule has 1 aromatic carbocycles. The van der Waals surface area contributed by atoms with Gasteiger partial charge in [-0.2, -0.15) is 0 Å². The van der Waals surface area contributed by atoms with E-state index < -0.39 is 0 Å². The van der Waals surface area contributed by atoms with Crippen LogP contribution in [0, 0.1) is 6.92 Å². The summed E-state index contributed by atoms with van der Waals surface area (Å²) in [5.41, 5.74) is 2.40. The predicted molar refractivity (Wildman–Crippen MR) is 68.8 cm³/mol. The van der Waals surface area contributed by atoms with E-state index in [0.717, 1.165) is 0 Å². The second-order valence-electron chi connectivity index (χ2n) is 4.28. The largest absolute Gasteiger partial charge is 0.465 e. The number of carbonyl (C=O) groups excluding carboxylic acids is 1. The van der Waals surface area contributed by atoms with Crippen LogP contribution >= 0.6 is 0 Å². The van der Waals surface area contributed by atoms with Gasteiger partial charge in [0.1, 0.15) is 6.04 Å². The molecule has 0 spiro atoms. The summed E-state index contributed by atoms with van der Waals surface area (Å²) in [4.78, 5) is 11.5. The molecule has 3 heteroatoms. The molecule has 0 aliphatic heterocycles. The molecule has 1 unspecified atom stereocenters. The van der Waals surface area contributed by atoms with E-state index in [2.05, 4.69) is 30.4 Å². The van der Waals surface area contributed by atoms with Gasteiger partial charge in [0, 0.05) is 6.04 Å². The maximum Gasteiger partial charge on any atom is 0.322 e. The summed E-state index contributed by atoms with van der Waals surface area (Å²) < 4.78 is 4.96. The standard InChI is InChI=1S/C14H21NO2/c1-5-17-14(16)12(4)15-11(3)13-8-6-7-10(2)9-13/h6-9,11-12,15H,5H2,1-4H3/t11-,12?/m0/s1. The molecule has 1 aromatic rings. The fourth-order valence-electron chi connectivity index (χ4n) is 1.75. The normalized spacial score (nSPS) is 14.1. The van der Waals surface area contributed by atoms with Crippen LogP contribution in [0.1, 0.15) is 37.9 Å². The van der Waals surface area contributed by atoms with Gasteiger partial charge >= 0.3 is 5.97 Å². The molecule has 0 heterocycles. The van der Waals surface area contributed by atoms with Crippen molar-refractivity contribution in [3.8, 4) is 0 Å². The molecule has 0 aliphatic rings. The fraction of sp³-hybridized carbons (Fsp3) is 0.500. The van der Waals surface area contributed by atoms with Crippen molar-refractivity contribution >= 4 is 5.97 Å². The maximum absolute atomic E-state index is 11.5. The summed E-state index contributed by atoms with van der Waals surface area (Å²) in [5.74, 6) is -0.202. The Morgan fingerprint density at radius 2 is 2.12 bits per heavy atom. The fourth-order valence-corrected chi connectivity index (χ4v) is 1.75. The molecule has 0 saturated heterocycles. The molecule has 0 bridgehead atoms. The summed E-state index contributed by atoms with van der Waals surface area (Å²) in [6.07, 6.45) is 0. The Morgan fingerprint density at radius 1 is 1.41 bits per heavy atom. The first-order valence-electron chi connectivity index (χ1n) is 6.03. The van der Waals surface area contributed by atoms with Crippen molar-refractivity contribution < 1.29 is 9.53 Å². The van der Waals surface area contributed by atoms with Gasteiger partial charge in [-0.15, -0.1) is 0 Å².